The number of likely N-dealkylation sites (tertiary alicyclic amines) is 1. The minimum absolute atomic E-state index is 0.172. The lowest BCUT2D eigenvalue weighted by atomic mass is 10.1. The molecule has 1 N–H and O–H groups in total. The van der Waals surface area contributed by atoms with Gasteiger partial charge in [0.1, 0.15) is 0 Å². The van der Waals surface area contributed by atoms with E-state index in [4.69, 9.17) is 0 Å². The highest BCUT2D eigenvalue weighted by Gasteiger charge is 2.25. The van der Waals surface area contributed by atoms with E-state index in [1.165, 1.54) is 5.56 Å². The zero-order valence-electron chi connectivity index (χ0n) is 10.6. The Hall–Kier alpha value is -1.35. The molecule has 0 aromatic heterocycles. The lowest BCUT2D eigenvalue weighted by Gasteiger charge is -2.11. The van der Waals surface area contributed by atoms with E-state index < -0.39 is 0 Å². The summed E-state index contributed by atoms with van der Waals surface area (Å²) < 4.78 is 0. The average Bonchev–Trinajstić information content (AvgIpc) is 2.75. The molecule has 92 valence electrons. The van der Waals surface area contributed by atoms with Gasteiger partial charge < -0.3 is 10.2 Å². The number of hydrogen-bond acceptors (Lipinski definition) is 2. The molecule has 3 nitrogen and oxygen atoms in total. The fraction of sp³-hybridized carbons (Fsp3) is 0.500. The van der Waals surface area contributed by atoms with Gasteiger partial charge in [-0.2, -0.15) is 0 Å². The van der Waals surface area contributed by atoms with E-state index in [0.717, 1.165) is 25.1 Å². The molecule has 1 heterocycles. The van der Waals surface area contributed by atoms with Crippen molar-refractivity contribution >= 4 is 5.91 Å². The van der Waals surface area contributed by atoms with Crippen molar-refractivity contribution in [3.8, 4) is 0 Å². The van der Waals surface area contributed by atoms with Crippen LogP contribution in [-0.2, 0) is 11.3 Å². The molecule has 0 bridgehead atoms. The molecule has 3 heteroatoms. The molecule has 1 saturated heterocycles. The van der Waals surface area contributed by atoms with Crippen LogP contribution in [0.3, 0.4) is 0 Å². The van der Waals surface area contributed by atoms with Gasteiger partial charge in [0.25, 0.3) is 0 Å². The van der Waals surface area contributed by atoms with Crippen molar-refractivity contribution in [2.45, 2.75) is 19.9 Å². The maximum absolute atomic E-state index is 11.9. The molecule has 17 heavy (non-hydrogen) atoms. The molecule has 2 rings (SSSR count). The molecule has 1 amide bonds. The van der Waals surface area contributed by atoms with Crippen molar-refractivity contribution in [2.75, 3.05) is 20.1 Å². The lowest BCUT2D eigenvalue weighted by Crippen LogP contribution is -2.31. The van der Waals surface area contributed by atoms with Crippen LogP contribution in [0, 0.1) is 12.8 Å². The van der Waals surface area contributed by atoms with Crippen LogP contribution in [0.15, 0.2) is 24.3 Å². The number of benzene rings is 1. The molecule has 1 atom stereocenters. The Balaban J connectivity index is 1.82. The fourth-order valence-electron chi connectivity index (χ4n) is 2.19. The third-order valence-corrected chi connectivity index (χ3v) is 3.35. The second kappa shape index (κ2) is 5.32. The molecule has 1 aliphatic heterocycles. The Kier molecular flexibility index (Phi) is 3.79. The summed E-state index contributed by atoms with van der Waals surface area (Å²) >= 11 is 0. The van der Waals surface area contributed by atoms with Crippen molar-refractivity contribution in [3.63, 3.8) is 0 Å². The van der Waals surface area contributed by atoms with E-state index in [-0.39, 0.29) is 11.8 Å². The highest BCUT2D eigenvalue weighted by atomic mass is 16.1. The number of nitrogens with one attached hydrogen (secondary N) is 1. The van der Waals surface area contributed by atoms with Crippen LogP contribution < -0.4 is 5.32 Å². The normalized spacial score (nSPS) is 20.5. The van der Waals surface area contributed by atoms with E-state index in [0.29, 0.717) is 6.54 Å². The summed E-state index contributed by atoms with van der Waals surface area (Å²) in [5.41, 5.74) is 2.41. The van der Waals surface area contributed by atoms with E-state index in [2.05, 4.69) is 48.5 Å². The third kappa shape index (κ3) is 3.30. The lowest BCUT2D eigenvalue weighted by molar-refractivity contribution is -0.124. The standard InChI is InChI=1S/C14H20N2O/c1-11-3-5-12(6-4-11)9-15-14(17)13-7-8-16(2)10-13/h3-6,13H,7-10H2,1-2H3,(H,15,17). The smallest absolute Gasteiger partial charge is 0.224 e. The number of rotatable bonds is 3. The molecule has 0 radical (unpaired) electrons. The average molecular weight is 232 g/mol. The Bertz CT molecular complexity index is 386. The SMILES string of the molecule is Cc1ccc(CNC(=O)C2CCN(C)C2)cc1. The Labute approximate surface area is 103 Å². The van der Waals surface area contributed by atoms with Crippen molar-refractivity contribution in [1.29, 1.82) is 0 Å². The number of aryl methyl sites for hydroxylation is 1. The van der Waals surface area contributed by atoms with E-state index >= 15 is 0 Å². The molecule has 1 unspecified atom stereocenters. The van der Waals surface area contributed by atoms with Crippen LogP contribution >= 0.6 is 0 Å². The van der Waals surface area contributed by atoms with Gasteiger partial charge in [-0.15, -0.1) is 0 Å². The quantitative estimate of drug-likeness (QED) is 0.858. The van der Waals surface area contributed by atoms with Crippen LogP contribution in [0.1, 0.15) is 17.5 Å². The third-order valence-electron chi connectivity index (χ3n) is 3.35. The first-order chi connectivity index (χ1) is 8.15. The first-order valence-electron chi connectivity index (χ1n) is 6.17. The highest BCUT2D eigenvalue weighted by Crippen LogP contribution is 2.14. The summed E-state index contributed by atoms with van der Waals surface area (Å²) in [7, 11) is 2.06. The zero-order chi connectivity index (χ0) is 12.3. The predicted octanol–water partition coefficient (Wildman–Crippen LogP) is 1.56. The maximum atomic E-state index is 11.9. The van der Waals surface area contributed by atoms with E-state index in [1.54, 1.807) is 0 Å². The van der Waals surface area contributed by atoms with E-state index in [1.807, 2.05) is 0 Å². The number of amides is 1. The molecule has 0 saturated carbocycles. The summed E-state index contributed by atoms with van der Waals surface area (Å²) in [5.74, 6) is 0.361. The highest BCUT2D eigenvalue weighted by molar-refractivity contribution is 5.79. The van der Waals surface area contributed by atoms with Gasteiger partial charge >= 0.3 is 0 Å². The summed E-state index contributed by atoms with van der Waals surface area (Å²) in [5, 5.41) is 3.02. The number of hydrogen-bond donors (Lipinski definition) is 1. The van der Waals surface area contributed by atoms with E-state index in [9.17, 15) is 4.79 Å². The van der Waals surface area contributed by atoms with Gasteiger partial charge in [-0.1, -0.05) is 29.8 Å². The van der Waals surface area contributed by atoms with Crippen molar-refractivity contribution in [3.05, 3.63) is 35.4 Å². The maximum Gasteiger partial charge on any atom is 0.224 e. The van der Waals surface area contributed by atoms with Gasteiger partial charge in [-0.3, -0.25) is 4.79 Å². The van der Waals surface area contributed by atoms with Crippen LogP contribution in [0.5, 0.6) is 0 Å². The minimum Gasteiger partial charge on any atom is -0.352 e. The number of carbonyl (C=O) groups is 1. The second-order valence-corrected chi connectivity index (χ2v) is 4.95. The second-order valence-electron chi connectivity index (χ2n) is 4.95. The summed E-state index contributed by atoms with van der Waals surface area (Å²) in [6, 6.07) is 8.28. The molecule has 1 fully saturated rings. The molecular weight excluding hydrogens is 212 g/mol. The minimum atomic E-state index is 0.172. The van der Waals surface area contributed by atoms with Gasteiger partial charge in [0, 0.05) is 13.1 Å². The van der Waals surface area contributed by atoms with Crippen molar-refractivity contribution < 1.29 is 4.79 Å². The summed E-state index contributed by atoms with van der Waals surface area (Å²) in [4.78, 5) is 14.1. The van der Waals surface area contributed by atoms with Gasteiger partial charge in [-0.25, -0.2) is 0 Å². The Morgan fingerprint density at radius 1 is 1.41 bits per heavy atom. The van der Waals surface area contributed by atoms with Crippen LogP contribution in [0.4, 0.5) is 0 Å². The van der Waals surface area contributed by atoms with Gasteiger partial charge in [-0.05, 0) is 32.5 Å². The first kappa shape index (κ1) is 12.1. The van der Waals surface area contributed by atoms with Crippen LogP contribution in [0.25, 0.3) is 0 Å². The molecule has 1 aliphatic rings. The molecule has 0 spiro atoms. The Morgan fingerprint density at radius 2 is 2.12 bits per heavy atom. The Morgan fingerprint density at radius 3 is 2.71 bits per heavy atom. The van der Waals surface area contributed by atoms with Gasteiger partial charge in [0.15, 0.2) is 0 Å². The van der Waals surface area contributed by atoms with Crippen LogP contribution in [-0.4, -0.2) is 30.9 Å². The van der Waals surface area contributed by atoms with Crippen molar-refractivity contribution in [2.24, 2.45) is 5.92 Å². The molecule has 1 aromatic rings. The topological polar surface area (TPSA) is 32.3 Å². The number of nitrogens with zero attached hydrogens (tertiary/aromatic N) is 1. The van der Waals surface area contributed by atoms with Crippen LogP contribution in [0.2, 0.25) is 0 Å². The molecule has 1 aromatic carbocycles. The zero-order valence-corrected chi connectivity index (χ0v) is 10.6. The molecular formula is C14H20N2O. The first-order valence-corrected chi connectivity index (χ1v) is 6.17. The largest absolute Gasteiger partial charge is 0.352 e. The van der Waals surface area contributed by atoms with Crippen molar-refractivity contribution in [1.82, 2.24) is 10.2 Å². The summed E-state index contributed by atoms with van der Waals surface area (Å²) in [6.07, 6.45) is 0.982. The predicted molar refractivity (Wildman–Crippen MR) is 68.6 cm³/mol. The fourth-order valence-corrected chi connectivity index (χ4v) is 2.19. The van der Waals surface area contributed by atoms with Gasteiger partial charge in [0.05, 0.1) is 5.92 Å². The number of carbonyl (C=O) groups excluding carboxylic acids is 1. The summed E-state index contributed by atoms with van der Waals surface area (Å²) in [6.45, 7) is 4.62. The van der Waals surface area contributed by atoms with Gasteiger partial charge in [0.2, 0.25) is 5.91 Å². The monoisotopic (exact) mass is 232 g/mol. The molecule has 0 aliphatic carbocycles.